The summed E-state index contributed by atoms with van der Waals surface area (Å²) in [5.41, 5.74) is 1.90. The Balaban J connectivity index is 1.54. The third-order valence-electron chi connectivity index (χ3n) is 5.36. The Morgan fingerprint density at radius 3 is 2.96 bits per heavy atom. The number of benzene rings is 1. The van der Waals surface area contributed by atoms with Crippen LogP contribution < -0.4 is 10.1 Å². The molecule has 1 spiro atoms. The van der Waals surface area contributed by atoms with Gasteiger partial charge in [-0.1, -0.05) is 6.07 Å². The lowest BCUT2D eigenvalue weighted by Gasteiger charge is -2.29. The number of fused-ring (bicyclic) bond motifs is 1. The Hall–Kier alpha value is -2.89. The van der Waals surface area contributed by atoms with Gasteiger partial charge in [-0.05, 0) is 49.1 Å². The standard InChI is InChI=1S/C20H21N3O3/c1-26-16-5-4-14-6-7-20(22-18(24)17(14)11-16)8-10-23(13-20)19(25)15-3-2-9-21-12-15/h2-5,9,11-12H,6-8,10,13H2,1H3,(H,22,24)/t20-/m1/s1. The third kappa shape index (κ3) is 2.92. The van der Waals surface area contributed by atoms with E-state index in [0.717, 1.165) is 24.8 Å². The predicted molar refractivity (Wildman–Crippen MR) is 96.3 cm³/mol. The van der Waals surface area contributed by atoms with Crippen molar-refractivity contribution in [2.45, 2.75) is 24.8 Å². The number of carbonyl (C=O) groups excluding carboxylic acids is 2. The molecule has 1 aromatic carbocycles. The molecule has 4 rings (SSSR count). The van der Waals surface area contributed by atoms with Crippen LogP contribution in [-0.2, 0) is 6.42 Å². The lowest BCUT2D eigenvalue weighted by atomic mass is 9.91. The fourth-order valence-corrected chi connectivity index (χ4v) is 3.88. The van der Waals surface area contributed by atoms with E-state index in [1.165, 1.54) is 0 Å². The van der Waals surface area contributed by atoms with E-state index in [4.69, 9.17) is 4.74 Å². The average molecular weight is 351 g/mol. The Kier molecular flexibility index (Phi) is 4.11. The van der Waals surface area contributed by atoms with E-state index in [0.29, 0.717) is 30.0 Å². The molecule has 1 N–H and O–H groups in total. The van der Waals surface area contributed by atoms with Crippen LogP contribution in [0.25, 0.3) is 0 Å². The van der Waals surface area contributed by atoms with Gasteiger partial charge in [-0.3, -0.25) is 14.6 Å². The van der Waals surface area contributed by atoms with Gasteiger partial charge in [-0.25, -0.2) is 0 Å². The number of hydrogen-bond acceptors (Lipinski definition) is 4. The molecule has 3 heterocycles. The highest BCUT2D eigenvalue weighted by Gasteiger charge is 2.42. The molecule has 2 aliphatic heterocycles. The molecule has 1 atom stereocenters. The maximum absolute atomic E-state index is 12.8. The largest absolute Gasteiger partial charge is 0.497 e. The minimum absolute atomic E-state index is 0.0346. The topological polar surface area (TPSA) is 71.5 Å². The first-order chi connectivity index (χ1) is 12.6. The molecular weight excluding hydrogens is 330 g/mol. The maximum atomic E-state index is 12.8. The number of ether oxygens (including phenoxy) is 1. The number of rotatable bonds is 2. The summed E-state index contributed by atoms with van der Waals surface area (Å²) in [6, 6.07) is 9.17. The average Bonchev–Trinajstić information content (AvgIpc) is 3.04. The van der Waals surface area contributed by atoms with Gasteiger partial charge in [0.05, 0.1) is 18.2 Å². The summed E-state index contributed by atoms with van der Waals surface area (Å²) in [6.45, 7) is 1.16. The molecule has 2 amide bonds. The van der Waals surface area contributed by atoms with Crippen molar-refractivity contribution >= 4 is 11.8 Å². The minimum Gasteiger partial charge on any atom is -0.497 e. The van der Waals surface area contributed by atoms with Crippen LogP contribution in [0.4, 0.5) is 0 Å². The first-order valence-electron chi connectivity index (χ1n) is 8.79. The molecule has 2 aromatic rings. The van der Waals surface area contributed by atoms with Crippen LogP contribution in [0.5, 0.6) is 5.75 Å². The SMILES string of the molecule is COc1ccc2c(c1)C(=O)N[C@]1(CC2)CCN(C(=O)c2cccnc2)C1. The molecule has 6 nitrogen and oxygen atoms in total. The van der Waals surface area contributed by atoms with Crippen molar-refractivity contribution in [1.82, 2.24) is 15.2 Å². The van der Waals surface area contributed by atoms with Crippen LogP contribution in [0.3, 0.4) is 0 Å². The molecule has 1 aromatic heterocycles. The summed E-state index contributed by atoms with van der Waals surface area (Å²) in [5, 5.41) is 3.19. The summed E-state index contributed by atoms with van der Waals surface area (Å²) >= 11 is 0. The van der Waals surface area contributed by atoms with Gasteiger partial charge in [-0.15, -0.1) is 0 Å². The number of likely N-dealkylation sites (tertiary alicyclic amines) is 1. The summed E-state index contributed by atoms with van der Waals surface area (Å²) in [6.07, 6.45) is 5.61. The van der Waals surface area contributed by atoms with E-state index in [1.807, 2.05) is 17.0 Å². The normalized spacial score (nSPS) is 21.9. The van der Waals surface area contributed by atoms with E-state index < -0.39 is 0 Å². The lowest BCUT2D eigenvalue weighted by molar-refractivity contribution is 0.0764. The molecule has 26 heavy (non-hydrogen) atoms. The lowest BCUT2D eigenvalue weighted by Crippen LogP contribution is -2.50. The summed E-state index contributed by atoms with van der Waals surface area (Å²) in [5.74, 6) is 0.550. The van der Waals surface area contributed by atoms with Gasteiger partial charge in [0.1, 0.15) is 5.75 Å². The summed E-state index contributed by atoms with van der Waals surface area (Å²) in [7, 11) is 1.59. The fourth-order valence-electron chi connectivity index (χ4n) is 3.88. The van der Waals surface area contributed by atoms with Crippen molar-refractivity contribution in [1.29, 1.82) is 0 Å². The number of nitrogens with zero attached hydrogens (tertiary/aromatic N) is 2. The molecule has 0 saturated carbocycles. The molecule has 1 saturated heterocycles. The summed E-state index contributed by atoms with van der Waals surface area (Å²) < 4.78 is 5.25. The van der Waals surface area contributed by atoms with E-state index >= 15 is 0 Å². The molecule has 2 aliphatic rings. The molecule has 6 heteroatoms. The number of carbonyl (C=O) groups is 2. The first kappa shape index (κ1) is 16.6. The highest BCUT2D eigenvalue weighted by Crippen LogP contribution is 2.32. The highest BCUT2D eigenvalue weighted by atomic mass is 16.5. The van der Waals surface area contributed by atoms with E-state index in [2.05, 4.69) is 10.3 Å². The zero-order valence-electron chi connectivity index (χ0n) is 14.7. The van der Waals surface area contributed by atoms with Crippen LogP contribution in [0.15, 0.2) is 42.7 Å². The Morgan fingerprint density at radius 1 is 1.31 bits per heavy atom. The van der Waals surface area contributed by atoms with E-state index in [-0.39, 0.29) is 17.4 Å². The molecular formula is C20H21N3O3. The van der Waals surface area contributed by atoms with Gasteiger partial charge in [0.2, 0.25) is 0 Å². The molecule has 0 aliphatic carbocycles. The van der Waals surface area contributed by atoms with Crippen molar-refractivity contribution in [2.24, 2.45) is 0 Å². The van der Waals surface area contributed by atoms with Gasteiger partial charge in [0.15, 0.2) is 0 Å². The van der Waals surface area contributed by atoms with Crippen molar-refractivity contribution in [2.75, 3.05) is 20.2 Å². The molecule has 0 radical (unpaired) electrons. The Labute approximate surface area is 152 Å². The van der Waals surface area contributed by atoms with Crippen LogP contribution in [0, 0.1) is 0 Å². The van der Waals surface area contributed by atoms with Crippen molar-refractivity contribution in [3.63, 3.8) is 0 Å². The van der Waals surface area contributed by atoms with Gasteiger partial charge in [0, 0.05) is 31.0 Å². The Morgan fingerprint density at radius 2 is 2.19 bits per heavy atom. The molecule has 0 unspecified atom stereocenters. The van der Waals surface area contributed by atoms with Gasteiger partial charge < -0.3 is 15.0 Å². The second kappa shape index (κ2) is 6.44. The first-order valence-corrected chi connectivity index (χ1v) is 8.79. The number of aryl methyl sites for hydroxylation is 1. The molecule has 0 bridgehead atoms. The van der Waals surface area contributed by atoms with Crippen LogP contribution >= 0.6 is 0 Å². The number of methoxy groups -OCH3 is 1. The predicted octanol–water partition coefficient (Wildman–Crippen LogP) is 2.05. The van der Waals surface area contributed by atoms with E-state index in [9.17, 15) is 9.59 Å². The van der Waals surface area contributed by atoms with Crippen LogP contribution in [-0.4, -0.2) is 47.4 Å². The van der Waals surface area contributed by atoms with Crippen LogP contribution in [0.1, 0.15) is 39.1 Å². The number of nitrogens with one attached hydrogen (secondary N) is 1. The smallest absolute Gasteiger partial charge is 0.255 e. The second-order valence-corrected chi connectivity index (χ2v) is 6.98. The zero-order valence-corrected chi connectivity index (χ0v) is 14.7. The highest BCUT2D eigenvalue weighted by molar-refractivity contribution is 5.97. The van der Waals surface area contributed by atoms with E-state index in [1.54, 1.807) is 37.7 Å². The van der Waals surface area contributed by atoms with Crippen molar-refractivity contribution in [3.05, 3.63) is 59.4 Å². The quantitative estimate of drug-likeness (QED) is 0.899. The Bertz CT molecular complexity index is 853. The number of hydrogen-bond donors (Lipinski definition) is 1. The number of aromatic nitrogens is 1. The summed E-state index contributed by atoms with van der Waals surface area (Å²) in [4.78, 5) is 31.3. The second-order valence-electron chi connectivity index (χ2n) is 6.98. The molecule has 134 valence electrons. The number of pyridine rings is 1. The van der Waals surface area contributed by atoms with Crippen molar-refractivity contribution < 1.29 is 14.3 Å². The maximum Gasteiger partial charge on any atom is 0.255 e. The van der Waals surface area contributed by atoms with Gasteiger partial charge >= 0.3 is 0 Å². The zero-order chi connectivity index (χ0) is 18.1. The fraction of sp³-hybridized carbons (Fsp3) is 0.350. The van der Waals surface area contributed by atoms with Gasteiger partial charge in [-0.2, -0.15) is 0 Å². The third-order valence-corrected chi connectivity index (χ3v) is 5.36. The van der Waals surface area contributed by atoms with Crippen LogP contribution in [0.2, 0.25) is 0 Å². The monoisotopic (exact) mass is 351 g/mol. The van der Waals surface area contributed by atoms with Crippen molar-refractivity contribution in [3.8, 4) is 5.75 Å². The number of amides is 2. The van der Waals surface area contributed by atoms with Gasteiger partial charge in [0.25, 0.3) is 11.8 Å². The minimum atomic E-state index is -0.374. The molecule has 1 fully saturated rings.